The zero-order valence-corrected chi connectivity index (χ0v) is 18.3. The third-order valence-corrected chi connectivity index (χ3v) is 5.20. The van der Waals surface area contributed by atoms with Crippen LogP contribution in [0.15, 0.2) is 37.0 Å². The molecule has 0 saturated carbocycles. The lowest BCUT2D eigenvalue weighted by Gasteiger charge is -2.38. The fourth-order valence-electron chi connectivity index (χ4n) is 3.30. The first kappa shape index (κ1) is 26.7. The van der Waals surface area contributed by atoms with Gasteiger partial charge in [0.15, 0.2) is 0 Å². The van der Waals surface area contributed by atoms with Crippen LogP contribution in [0.5, 0.6) is 0 Å². The van der Waals surface area contributed by atoms with Crippen LogP contribution >= 0.6 is 0 Å². The van der Waals surface area contributed by atoms with Crippen LogP contribution in [-0.4, -0.2) is 41.8 Å². The van der Waals surface area contributed by atoms with Crippen molar-refractivity contribution in [1.29, 1.82) is 5.41 Å². The number of benzene rings is 1. The number of rotatable bonds is 8. The number of aliphatic hydroxyl groups is 1. The summed E-state index contributed by atoms with van der Waals surface area (Å²) in [6.45, 7) is 8.59. The minimum absolute atomic E-state index is 0.117. The first-order valence-corrected chi connectivity index (χ1v) is 10.5. The number of unbranched alkanes of at least 4 members (excludes halogenated alkanes) is 1. The summed E-state index contributed by atoms with van der Waals surface area (Å²) in [6, 6.07) is 4.75. The van der Waals surface area contributed by atoms with Crippen LogP contribution in [0, 0.1) is 11.3 Å². The van der Waals surface area contributed by atoms with Crippen molar-refractivity contribution < 1.29 is 23.1 Å². The number of amides is 1. The monoisotopic (exact) mass is 441 g/mol. The maximum Gasteiger partial charge on any atom is 0.416 e. The second-order valence-corrected chi connectivity index (χ2v) is 8.10. The maximum absolute atomic E-state index is 12.8. The average molecular weight is 442 g/mol. The molecule has 0 aromatic heterocycles. The van der Waals surface area contributed by atoms with Gasteiger partial charge in [0.2, 0.25) is 5.91 Å². The van der Waals surface area contributed by atoms with E-state index >= 15 is 0 Å². The van der Waals surface area contributed by atoms with Gasteiger partial charge in [-0.1, -0.05) is 39.0 Å². The number of likely N-dealkylation sites (tertiary alicyclic amines) is 1. The number of hydrogen-bond donors (Lipinski definition) is 3. The third-order valence-electron chi connectivity index (χ3n) is 5.20. The summed E-state index contributed by atoms with van der Waals surface area (Å²) in [7, 11) is 0. The zero-order chi connectivity index (χ0) is 23.5. The van der Waals surface area contributed by atoms with E-state index in [2.05, 4.69) is 25.7 Å². The molecule has 1 amide bonds. The molecule has 1 aliphatic heterocycles. The summed E-state index contributed by atoms with van der Waals surface area (Å²) in [5.74, 6) is 0.672. The van der Waals surface area contributed by atoms with E-state index in [9.17, 15) is 23.1 Å². The van der Waals surface area contributed by atoms with Gasteiger partial charge in [0, 0.05) is 13.1 Å². The van der Waals surface area contributed by atoms with Gasteiger partial charge < -0.3 is 20.7 Å². The predicted molar refractivity (Wildman–Crippen MR) is 117 cm³/mol. The van der Waals surface area contributed by atoms with Crippen LogP contribution in [0.3, 0.4) is 0 Å². The van der Waals surface area contributed by atoms with Crippen molar-refractivity contribution in [2.24, 2.45) is 5.92 Å². The Labute approximate surface area is 182 Å². The lowest BCUT2D eigenvalue weighted by Crippen LogP contribution is -2.47. The molecule has 2 rings (SSSR count). The first-order chi connectivity index (χ1) is 14.5. The van der Waals surface area contributed by atoms with E-state index in [1.807, 2.05) is 0 Å². The van der Waals surface area contributed by atoms with Gasteiger partial charge in [-0.25, -0.2) is 0 Å². The smallest absolute Gasteiger partial charge is 0.385 e. The van der Waals surface area contributed by atoms with Gasteiger partial charge in [0.1, 0.15) is 0 Å². The fourth-order valence-corrected chi connectivity index (χ4v) is 3.30. The summed E-state index contributed by atoms with van der Waals surface area (Å²) in [6.07, 6.45) is 2.26. The standard InChI is InChI=1S/C16H19F3N2O2.C7H15N/c1-2-20-11-14(22)21-8-6-15(23,7-9-21)12-4-3-5-13(10-12)16(17,18)19;1-7(2)5-3-4-6-8/h2-5,10,20,23H,1,6-9,11H2;6-8H,3-5H2,1-2H3. The Kier molecular flexibility index (Phi) is 10.8. The molecule has 174 valence electrons. The van der Waals surface area contributed by atoms with E-state index < -0.39 is 17.3 Å². The Morgan fingerprint density at radius 3 is 2.52 bits per heavy atom. The second-order valence-electron chi connectivity index (χ2n) is 8.10. The summed E-state index contributed by atoms with van der Waals surface area (Å²) in [5.41, 5.74) is -1.88. The number of nitrogens with one attached hydrogen (secondary N) is 2. The number of nitrogens with zero attached hydrogens (tertiary/aromatic N) is 1. The van der Waals surface area contributed by atoms with Gasteiger partial charge in [-0.05, 0) is 61.7 Å². The van der Waals surface area contributed by atoms with Crippen LogP contribution in [0.1, 0.15) is 57.1 Å². The maximum atomic E-state index is 12.8. The van der Waals surface area contributed by atoms with E-state index in [1.165, 1.54) is 37.4 Å². The molecule has 8 heteroatoms. The summed E-state index contributed by atoms with van der Waals surface area (Å²) in [4.78, 5) is 13.5. The quantitative estimate of drug-likeness (QED) is 0.404. The number of halogens is 3. The number of piperidine rings is 1. The molecule has 0 aliphatic carbocycles. The molecular weight excluding hydrogens is 407 g/mol. The van der Waals surface area contributed by atoms with E-state index in [4.69, 9.17) is 5.41 Å². The van der Waals surface area contributed by atoms with Crippen molar-refractivity contribution >= 4 is 12.1 Å². The SMILES string of the molecule is C=CNCC(=O)N1CCC(O)(c2cccc(C(F)(F)F)c2)CC1.CC(C)CCCC=N. The number of carbonyl (C=O) groups is 1. The molecule has 1 aliphatic rings. The molecule has 0 unspecified atom stereocenters. The highest BCUT2D eigenvalue weighted by molar-refractivity contribution is 5.78. The van der Waals surface area contributed by atoms with Crippen molar-refractivity contribution in [3.63, 3.8) is 0 Å². The average Bonchev–Trinajstić information content (AvgIpc) is 2.72. The molecule has 0 spiro atoms. The van der Waals surface area contributed by atoms with Gasteiger partial charge in [-0.15, -0.1) is 0 Å². The second kappa shape index (κ2) is 12.5. The van der Waals surface area contributed by atoms with Crippen molar-refractivity contribution in [3.8, 4) is 0 Å². The van der Waals surface area contributed by atoms with Gasteiger partial charge in [-0.3, -0.25) is 4.79 Å². The number of carbonyl (C=O) groups excluding carboxylic acids is 1. The number of alkyl halides is 3. The Hall–Kier alpha value is -2.35. The van der Waals surface area contributed by atoms with Crippen LogP contribution in [-0.2, 0) is 16.6 Å². The molecule has 1 aromatic carbocycles. The molecule has 1 saturated heterocycles. The van der Waals surface area contributed by atoms with Crippen LogP contribution in [0.2, 0.25) is 0 Å². The molecule has 0 bridgehead atoms. The van der Waals surface area contributed by atoms with Gasteiger partial charge in [0.25, 0.3) is 0 Å². The Morgan fingerprint density at radius 2 is 2.00 bits per heavy atom. The van der Waals surface area contributed by atoms with Crippen molar-refractivity contribution in [2.75, 3.05) is 19.6 Å². The lowest BCUT2D eigenvalue weighted by atomic mass is 9.83. The van der Waals surface area contributed by atoms with Crippen LogP contribution in [0.25, 0.3) is 0 Å². The normalized spacial score (nSPS) is 15.6. The van der Waals surface area contributed by atoms with Gasteiger partial charge in [-0.2, -0.15) is 13.2 Å². The minimum Gasteiger partial charge on any atom is -0.385 e. The first-order valence-electron chi connectivity index (χ1n) is 10.5. The Balaban J connectivity index is 0.000000512. The molecule has 0 radical (unpaired) electrons. The van der Waals surface area contributed by atoms with Crippen LogP contribution in [0.4, 0.5) is 13.2 Å². The molecule has 1 aromatic rings. The predicted octanol–water partition coefficient (Wildman–Crippen LogP) is 4.71. The molecule has 3 N–H and O–H groups in total. The van der Waals surface area contributed by atoms with E-state index in [0.717, 1.165) is 24.5 Å². The van der Waals surface area contributed by atoms with E-state index in [1.54, 1.807) is 4.90 Å². The summed E-state index contributed by atoms with van der Waals surface area (Å²) in [5, 5.41) is 20.1. The van der Waals surface area contributed by atoms with Crippen molar-refractivity contribution in [3.05, 3.63) is 48.2 Å². The fraction of sp³-hybridized carbons (Fsp3) is 0.565. The topological polar surface area (TPSA) is 76.4 Å². The third kappa shape index (κ3) is 9.12. The highest BCUT2D eigenvalue weighted by Gasteiger charge is 2.37. The summed E-state index contributed by atoms with van der Waals surface area (Å²) < 4.78 is 38.4. The molecule has 31 heavy (non-hydrogen) atoms. The summed E-state index contributed by atoms with van der Waals surface area (Å²) >= 11 is 0. The Morgan fingerprint density at radius 1 is 1.35 bits per heavy atom. The van der Waals surface area contributed by atoms with Crippen molar-refractivity contribution in [1.82, 2.24) is 10.2 Å². The largest absolute Gasteiger partial charge is 0.416 e. The molecule has 1 heterocycles. The molecule has 5 nitrogen and oxygen atoms in total. The molecular formula is C23H34F3N3O2. The molecule has 0 atom stereocenters. The Bertz CT molecular complexity index is 712. The van der Waals surface area contributed by atoms with Gasteiger partial charge >= 0.3 is 6.18 Å². The highest BCUT2D eigenvalue weighted by Crippen LogP contribution is 2.36. The van der Waals surface area contributed by atoms with Crippen LogP contribution < -0.4 is 5.32 Å². The van der Waals surface area contributed by atoms with E-state index in [-0.39, 0.29) is 30.9 Å². The lowest BCUT2D eigenvalue weighted by molar-refractivity contribution is -0.137. The number of hydrogen-bond acceptors (Lipinski definition) is 4. The van der Waals surface area contributed by atoms with Crippen molar-refractivity contribution in [2.45, 2.75) is 57.7 Å². The van der Waals surface area contributed by atoms with E-state index in [0.29, 0.717) is 13.1 Å². The van der Waals surface area contributed by atoms with Gasteiger partial charge in [0.05, 0.1) is 17.7 Å². The molecule has 1 fully saturated rings. The minimum atomic E-state index is -4.45. The zero-order valence-electron chi connectivity index (χ0n) is 18.3. The highest BCUT2D eigenvalue weighted by atomic mass is 19.4.